The molecule has 0 aromatic heterocycles. The molecule has 1 fully saturated rings. The zero-order chi connectivity index (χ0) is 25.9. The highest BCUT2D eigenvalue weighted by atomic mass is 32.2. The van der Waals surface area contributed by atoms with Gasteiger partial charge in [0.05, 0.1) is 11.5 Å². The average molecular weight is 532 g/mol. The highest BCUT2D eigenvalue weighted by Gasteiger charge is 2.48. The zero-order valence-corrected chi connectivity index (χ0v) is 20.6. The van der Waals surface area contributed by atoms with Gasteiger partial charge in [0.2, 0.25) is 10.0 Å². The van der Waals surface area contributed by atoms with Gasteiger partial charge in [-0.05, 0) is 45.4 Å². The number of nitrogens with two attached hydrogens (primary N) is 1. The molecule has 0 aliphatic carbocycles. The summed E-state index contributed by atoms with van der Waals surface area (Å²) in [5.41, 5.74) is -6.26. The minimum absolute atomic E-state index is 0.124. The molecule has 1 saturated heterocycles. The number of carbonyl (C=O) groups is 1. The number of hydrogen-bond acceptors (Lipinski definition) is 8. The van der Waals surface area contributed by atoms with Crippen molar-refractivity contribution in [3.63, 3.8) is 0 Å². The van der Waals surface area contributed by atoms with E-state index in [0.717, 1.165) is 12.1 Å². The third-order valence-electron chi connectivity index (χ3n) is 4.74. The number of sulfonamides is 1. The summed E-state index contributed by atoms with van der Waals surface area (Å²) in [7, 11) is -10.3. The lowest BCUT2D eigenvalue weighted by molar-refractivity contribution is -0.0437. The number of ether oxygens (including phenoxy) is 2. The maximum Gasteiger partial charge on any atom is 0.502 e. The number of amides is 1. The van der Waals surface area contributed by atoms with E-state index in [-0.39, 0.29) is 6.61 Å². The second-order valence-electron chi connectivity index (χ2n) is 8.61. The van der Waals surface area contributed by atoms with Gasteiger partial charge in [-0.25, -0.2) is 26.8 Å². The van der Waals surface area contributed by atoms with Crippen molar-refractivity contribution in [3.8, 4) is 5.75 Å². The monoisotopic (exact) mass is 531 g/mol. The quantitative estimate of drug-likeness (QED) is 0.528. The molecule has 2 N–H and O–H groups in total. The normalized spacial score (nSPS) is 16.4. The Bertz CT molecular complexity index is 1090. The van der Waals surface area contributed by atoms with Crippen LogP contribution >= 0.6 is 0 Å². The number of piperazine rings is 1. The summed E-state index contributed by atoms with van der Waals surface area (Å²) < 4.78 is 96.6. The molecule has 1 aliphatic rings. The van der Waals surface area contributed by atoms with Crippen molar-refractivity contribution in [1.29, 1.82) is 0 Å². The van der Waals surface area contributed by atoms with Crippen molar-refractivity contribution in [2.24, 2.45) is 5.14 Å². The average Bonchev–Trinajstić information content (AvgIpc) is 2.68. The number of hydrogen-bond donors (Lipinski definition) is 1. The minimum Gasteiger partial charge on any atom is -0.492 e. The molecule has 15 heteroatoms. The van der Waals surface area contributed by atoms with Crippen LogP contribution in [0.4, 0.5) is 18.0 Å². The number of alkyl halides is 3. The SMILES string of the molecule is CC(C)(C)OC(=O)N1CCN(CCCOc2ccc(S(N)(=O)=O)cc2S(=O)(=O)C(F)(F)F)CC1. The first-order valence-electron chi connectivity index (χ1n) is 10.2. The van der Waals surface area contributed by atoms with Crippen molar-refractivity contribution < 1.29 is 44.3 Å². The lowest BCUT2D eigenvalue weighted by Gasteiger charge is -2.35. The van der Waals surface area contributed by atoms with Crippen LogP contribution < -0.4 is 9.88 Å². The van der Waals surface area contributed by atoms with Crippen LogP contribution in [0.1, 0.15) is 27.2 Å². The van der Waals surface area contributed by atoms with Gasteiger partial charge in [-0.3, -0.25) is 4.90 Å². The Morgan fingerprint density at radius 2 is 1.65 bits per heavy atom. The smallest absolute Gasteiger partial charge is 0.492 e. The van der Waals surface area contributed by atoms with E-state index in [0.29, 0.717) is 45.2 Å². The fraction of sp³-hybridized carbons (Fsp3) is 0.632. The molecule has 1 aromatic rings. The van der Waals surface area contributed by atoms with Crippen LogP contribution in [0.15, 0.2) is 28.0 Å². The molecule has 1 aromatic carbocycles. The van der Waals surface area contributed by atoms with Crippen LogP contribution in [0.3, 0.4) is 0 Å². The van der Waals surface area contributed by atoms with E-state index < -0.39 is 52.6 Å². The van der Waals surface area contributed by atoms with Crippen LogP contribution in [-0.2, 0) is 24.6 Å². The van der Waals surface area contributed by atoms with Crippen molar-refractivity contribution in [2.75, 3.05) is 39.3 Å². The van der Waals surface area contributed by atoms with E-state index in [1.54, 1.807) is 25.7 Å². The predicted molar refractivity (Wildman–Crippen MR) is 115 cm³/mol. The first kappa shape index (κ1) is 28.1. The number of primary sulfonamides is 1. The highest BCUT2D eigenvalue weighted by Crippen LogP contribution is 2.36. The van der Waals surface area contributed by atoms with Gasteiger partial charge in [-0.15, -0.1) is 0 Å². The van der Waals surface area contributed by atoms with Gasteiger partial charge in [0.15, 0.2) is 0 Å². The Hall–Kier alpha value is -2.10. The molecule has 1 amide bonds. The fourth-order valence-electron chi connectivity index (χ4n) is 3.07. The predicted octanol–water partition coefficient (Wildman–Crippen LogP) is 1.95. The summed E-state index contributed by atoms with van der Waals surface area (Å²) in [5.74, 6) is -0.625. The van der Waals surface area contributed by atoms with Crippen LogP contribution in [0, 0.1) is 0 Å². The summed E-state index contributed by atoms with van der Waals surface area (Å²) in [6, 6.07) is 2.04. The second-order valence-corrected chi connectivity index (χ2v) is 12.1. The first-order valence-corrected chi connectivity index (χ1v) is 13.3. The van der Waals surface area contributed by atoms with Gasteiger partial charge in [0.1, 0.15) is 16.2 Å². The van der Waals surface area contributed by atoms with Crippen LogP contribution in [0.25, 0.3) is 0 Å². The molecule has 10 nitrogen and oxygen atoms in total. The van der Waals surface area contributed by atoms with Crippen LogP contribution in [-0.4, -0.2) is 83.2 Å². The molecule has 0 bridgehead atoms. The van der Waals surface area contributed by atoms with Gasteiger partial charge in [-0.1, -0.05) is 0 Å². The summed E-state index contributed by atoms with van der Waals surface area (Å²) in [4.78, 5) is 13.6. The number of rotatable bonds is 7. The van der Waals surface area contributed by atoms with Crippen molar-refractivity contribution >= 4 is 26.0 Å². The maximum atomic E-state index is 13.1. The third kappa shape index (κ3) is 7.45. The van der Waals surface area contributed by atoms with E-state index in [1.165, 1.54) is 0 Å². The number of sulfone groups is 1. The molecule has 1 aliphatic heterocycles. The Morgan fingerprint density at radius 1 is 1.06 bits per heavy atom. The number of halogens is 3. The van der Waals surface area contributed by atoms with Gasteiger partial charge in [0.25, 0.3) is 9.84 Å². The Labute approximate surface area is 196 Å². The zero-order valence-electron chi connectivity index (χ0n) is 19.0. The highest BCUT2D eigenvalue weighted by molar-refractivity contribution is 7.92. The molecule has 0 spiro atoms. The van der Waals surface area contributed by atoms with Crippen molar-refractivity contribution in [1.82, 2.24) is 9.80 Å². The van der Waals surface area contributed by atoms with Crippen LogP contribution in [0.5, 0.6) is 5.75 Å². The van der Waals surface area contributed by atoms with Gasteiger partial charge < -0.3 is 14.4 Å². The van der Waals surface area contributed by atoms with E-state index in [9.17, 15) is 34.8 Å². The van der Waals surface area contributed by atoms with Crippen LogP contribution in [0.2, 0.25) is 0 Å². The second kappa shape index (κ2) is 10.3. The number of nitrogens with zero attached hydrogens (tertiary/aromatic N) is 2. The summed E-state index contributed by atoms with van der Waals surface area (Å²) in [5, 5.41) is 4.91. The fourth-order valence-corrected chi connectivity index (χ4v) is 4.61. The topological polar surface area (TPSA) is 136 Å². The first-order chi connectivity index (χ1) is 15.4. The van der Waals surface area contributed by atoms with E-state index in [4.69, 9.17) is 14.6 Å². The lowest BCUT2D eigenvalue weighted by atomic mass is 10.2. The third-order valence-corrected chi connectivity index (χ3v) is 7.16. The largest absolute Gasteiger partial charge is 0.502 e. The standard InChI is InChI=1S/C19H28F3N3O7S2/c1-18(2,3)32-17(26)25-10-8-24(9-11-25)7-4-12-31-15-6-5-14(34(23,29)30)13-16(15)33(27,28)19(20,21)22/h5-6,13H,4,7-12H2,1-3H3,(H2,23,29,30). The molecular weight excluding hydrogens is 503 g/mol. The number of benzene rings is 1. The molecule has 194 valence electrons. The lowest BCUT2D eigenvalue weighted by Crippen LogP contribution is -2.50. The van der Waals surface area contributed by atoms with Gasteiger partial charge in [-0.2, -0.15) is 13.2 Å². The molecular formula is C19H28F3N3O7S2. The molecule has 2 rings (SSSR count). The molecule has 0 radical (unpaired) electrons. The van der Waals surface area contributed by atoms with Crippen molar-refractivity contribution in [2.45, 2.75) is 48.1 Å². The van der Waals surface area contributed by atoms with Gasteiger partial charge >= 0.3 is 11.6 Å². The maximum absolute atomic E-state index is 13.1. The number of carbonyl (C=O) groups excluding carboxylic acids is 1. The van der Waals surface area contributed by atoms with Gasteiger partial charge in [0, 0.05) is 32.7 Å². The summed E-state index contributed by atoms with van der Waals surface area (Å²) >= 11 is 0. The van der Waals surface area contributed by atoms with Crippen molar-refractivity contribution in [3.05, 3.63) is 18.2 Å². The molecule has 34 heavy (non-hydrogen) atoms. The van der Waals surface area contributed by atoms with E-state index in [2.05, 4.69) is 0 Å². The molecule has 1 heterocycles. The summed E-state index contributed by atoms with van der Waals surface area (Å²) in [6.45, 7) is 7.67. The molecule has 0 unspecified atom stereocenters. The molecule has 0 atom stereocenters. The van der Waals surface area contributed by atoms with E-state index >= 15 is 0 Å². The summed E-state index contributed by atoms with van der Waals surface area (Å²) in [6.07, 6.45) is -0.0636. The Kier molecular flexibility index (Phi) is 8.49. The molecule has 0 saturated carbocycles. The minimum atomic E-state index is -5.88. The Morgan fingerprint density at radius 3 is 2.15 bits per heavy atom. The van der Waals surface area contributed by atoms with E-state index in [1.807, 2.05) is 4.90 Å². The Balaban J connectivity index is 1.97.